The zero-order chi connectivity index (χ0) is 18.8. The Morgan fingerprint density at radius 3 is 2.25 bits per heavy atom. The highest BCUT2D eigenvalue weighted by Gasteiger charge is 2.39. The molecule has 0 spiro atoms. The lowest BCUT2D eigenvalue weighted by atomic mass is 9.68. The molecular weight excluding hydrogens is 304 g/mol. The zero-order valence-electron chi connectivity index (χ0n) is 16.4. The van der Waals surface area contributed by atoms with E-state index in [4.69, 9.17) is 4.74 Å². The van der Waals surface area contributed by atoms with Crippen LogP contribution < -0.4 is 0 Å². The van der Waals surface area contributed by atoms with E-state index in [9.17, 15) is 9.59 Å². The smallest absolute Gasteiger partial charge is 0.333 e. The molecule has 0 amide bonds. The average molecular weight is 338 g/mol. The van der Waals surface area contributed by atoms with Crippen molar-refractivity contribution in [2.24, 2.45) is 11.3 Å². The van der Waals surface area contributed by atoms with Crippen molar-refractivity contribution in [3.05, 3.63) is 23.3 Å². The minimum absolute atomic E-state index is 0.0313. The van der Waals surface area contributed by atoms with Crippen LogP contribution >= 0.6 is 0 Å². The highest BCUT2D eigenvalue weighted by Crippen LogP contribution is 2.42. The van der Waals surface area contributed by atoms with Crippen molar-refractivity contribution in [3.8, 4) is 0 Å². The van der Waals surface area contributed by atoms with Gasteiger partial charge in [0.15, 0.2) is 0 Å². The van der Waals surface area contributed by atoms with Crippen LogP contribution in [-0.4, -0.2) is 25.2 Å². The van der Waals surface area contributed by atoms with E-state index < -0.39 is 0 Å². The van der Waals surface area contributed by atoms with Crippen LogP contribution in [-0.2, 0) is 19.1 Å². The Balaban J connectivity index is 0.000000506. The molecule has 0 heterocycles. The predicted molar refractivity (Wildman–Crippen MR) is 97.6 cm³/mol. The minimum atomic E-state index is -0.222. The molecule has 0 fully saturated rings. The average Bonchev–Trinajstić information content (AvgIpc) is 2.53. The van der Waals surface area contributed by atoms with Gasteiger partial charge in [-0.25, -0.2) is 4.79 Å². The van der Waals surface area contributed by atoms with Crippen LogP contribution in [0.3, 0.4) is 0 Å². The summed E-state index contributed by atoms with van der Waals surface area (Å²) in [5.41, 5.74) is 1.97. The molecule has 4 nitrogen and oxygen atoms in total. The van der Waals surface area contributed by atoms with Crippen LogP contribution in [0.5, 0.6) is 0 Å². The Morgan fingerprint density at radius 2 is 1.79 bits per heavy atom. The zero-order valence-corrected chi connectivity index (χ0v) is 16.4. The Morgan fingerprint density at radius 1 is 1.21 bits per heavy atom. The molecule has 0 saturated carbocycles. The highest BCUT2D eigenvalue weighted by atomic mass is 16.5. The molecule has 1 atom stereocenters. The fourth-order valence-electron chi connectivity index (χ4n) is 2.80. The molecule has 0 aromatic heterocycles. The van der Waals surface area contributed by atoms with Crippen molar-refractivity contribution in [3.63, 3.8) is 0 Å². The van der Waals surface area contributed by atoms with Crippen LogP contribution in [0.15, 0.2) is 23.3 Å². The minimum Gasteiger partial charge on any atom is -0.466 e. The fraction of sp³-hybridized carbons (Fsp3) is 0.700. The van der Waals surface area contributed by atoms with Crippen molar-refractivity contribution in [1.29, 1.82) is 0 Å². The maximum atomic E-state index is 11.9. The van der Waals surface area contributed by atoms with E-state index in [1.54, 1.807) is 19.9 Å². The Kier molecular flexibility index (Phi) is 10.3. The van der Waals surface area contributed by atoms with Crippen molar-refractivity contribution >= 4 is 11.9 Å². The van der Waals surface area contributed by atoms with E-state index in [0.717, 1.165) is 19.3 Å². The Bertz CT molecular complexity index is 472. The second kappa shape index (κ2) is 11.1. The van der Waals surface area contributed by atoms with E-state index in [1.807, 2.05) is 13.8 Å². The number of rotatable bonds is 5. The summed E-state index contributed by atoms with van der Waals surface area (Å²) >= 11 is 0. The predicted octanol–water partition coefficient (Wildman–Crippen LogP) is 4.84. The largest absolute Gasteiger partial charge is 0.466 e. The third-order valence-electron chi connectivity index (χ3n) is 4.31. The van der Waals surface area contributed by atoms with Gasteiger partial charge in [-0.1, -0.05) is 38.5 Å². The fourth-order valence-corrected chi connectivity index (χ4v) is 2.80. The first-order chi connectivity index (χ1) is 11.2. The van der Waals surface area contributed by atoms with Crippen LogP contribution in [0, 0.1) is 11.3 Å². The summed E-state index contributed by atoms with van der Waals surface area (Å²) in [5.74, 6) is -0.300. The first-order valence-electron chi connectivity index (χ1n) is 8.90. The maximum absolute atomic E-state index is 11.9. The summed E-state index contributed by atoms with van der Waals surface area (Å²) in [6.45, 7) is 14.6. The van der Waals surface area contributed by atoms with Crippen molar-refractivity contribution in [2.75, 3.05) is 13.2 Å². The van der Waals surface area contributed by atoms with Crippen molar-refractivity contribution < 1.29 is 19.1 Å². The SMILES string of the molecule is C/C=C(\C)C(=O)OCC.CCOC(=O)C1C(CC)=CCCC1(C)C. The summed E-state index contributed by atoms with van der Waals surface area (Å²) in [7, 11) is 0. The molecule has 0 bridgehead atoms. The van der Waals surface area contributed by atoms with Crippen LogP contribution in [0.4, 0.5) is 0 Å². The number of ether oxygens (including phenoxy) is 2. The number of carbonyl (C=O) groups excluding carboxylic acids is 2. The molecule has 4 heteroatoms. The van der Waals surface area contributed by atoms with Crippen molar-refractivity contribution in [1.82, 2.24) is 0 Å². The van der Waals surface area contributed by atoms with Crippen LogP contribution in [0.25, 0.3) is 0 Å². The molecule has 1 rings (SSSR count). The normalized spacial score (nSPS) is 19.5. The molecule has 0 saturated heterocycles. The topological polar surface area (TPSA) is 52.6 Å². The van der Waals surface area contributed by atoms with Crippen LogP contribution in [0.1, 0.15) is 67.7 Å². The standard InChI is InChI=1S/C13H22O2.C7H12O2/c1-5-10-8-7-9-13(3,4)11(10)12(14)15-6-2;1-4-6(3)7(8)9-5-2/h8,11H,5-7,9H2,1-4H3;4H,5H2,1-3H3/b;6-4+. The number of allylic oxidation sites excluding steroid dienone is 2. The Hall–Kier alpha value is -1.58. The summed E-state index contributed by atoms with van der Waals surface area (Å²) in [4.78, 5) is 22.6. The second-order valence-electron chi connectivity index (χ2n) is 6.54. The lowest BCUT2D eigenvalue weighted by Gasteiger charge is -2.37. The summed E-state index contributed by atoms with van der Waals surface area (Å²) in [6.07, 6.45) is 7.06. The quantitative estimate of drug-likeness (QED) is 0.409. The molecule has 0 aliphatic heterocycles. The van der Waals surface area contributed by atoms with Crippen molar-refractivity contribution in [2.45, 2.75) is 67.7 Å². The lowest BCUT2D eigenvalue weighted by molar-refractivity contribution is -0.151. The molecule has 138 valence electrons. The van der Waals surface area contributed by atoms with Crippen LogP contribution in [0.2, 0.25) is 0 Å². The van der Waals surface area contributed by atoms with Gasteiger partial charge in [-0.05, 0) is 52.4 Å². The number of hydrogen-bond donors (Lipinski definition) is 0. The van der Waals surface area contributed by atoms with Gasteiger partial charge in [0.1, 0.15) is 0 Å². The van der Waals surface area contributed by atoms with Gasteiger partial charge in [-0.2, -0.15) is 0 Å². The third kappa shape index (κ3) is 6.90. The van der Waals surface area contributed by atoms with E-state index in [2.05, 4.69) is 31.6 Å². The highest BCUT2D eigenvalue weighted by molar-refractivity contribution is 5.87. The van der Waals surface area contributed by atoms with Gasteiger partial charge in [-0.15, -0.1) is 0 Å². The Labute approximate surface area is 147 Å². The monoisotopic (exact) mass is 338 g/mol. The van der Waals surface area contributed by atoms with Gasteiger partial charge in [0.2, 0.25) is 0 Å². The molecular formula is C20H34O4. The molecule has 1 aliphatic carbocycles. The molecule has 0 aromatic rings. The lowest BCUT2D eigenvalue weighted by Crippen LogP contribution is -2.36. The molecule has 1 aliphatic rings. The summed E-state index contributed by atoms with van der Waals surface area (Å²) < 4.78 is 9.86. The molecule has 0 aromatic carbocycles. The first-order valence-corrected chi connectivity index (χ1v) is 8.90. The summed E-state index contributed by atoms with van der Waals surface area (Å²) in [5, 5.41) is 0. The second-order valence-corrected chi connectivity index (χ2v) is 6.54. The van der Waals surface area contributed by atoms with Gasteiger partial charge in [0, 0.05) is 5.57 Å². The van der Waals surface area contributed by atoms with E-state index in [0.29, 0.717) is 18.8 Å². The molecule has 0 N–H and O–H groups in total. The van der Waals surface area contributed by atoms with Gasteiger partial charge in [0.05, 0.1) is 19.1 Å². The van der Waals surface area contributed by atoms with E-state index >= 15 is 0 Å². The molecule has 1 unspecified atom stereocenters. The van der Waals surface area contributed by atoms with Gasteiger partial charge in [-0.3, -0.25) is 4.79 Å². The number of carbonyl (C=O) groups is 2. The first kappa shape index (κ1) is 22.4. The van der Waals surface area contributed by atoms with E-state index in [-0.39, 0.29) is 23.3 Å². The van der Waals surface area contributed by atoms with Gasteiger partial charge in [0.25, 0.3) is 0 Å². The van der Waals surface area contributed by atoms with Gasteiger partial charge >= 0.3 is 11.9 Å². The maximum Gasteiger partial charge on any atom is 0.333 e. The molecule has 0 radical (unpaired) electrons. The van der Waals surface area contributed by atoms with E-state index in [1.165, 1.54) is 5.57 Å². The third-order valence-corrected chi connectivity index (χ3v) is 4.31. The number of hydrogen-bond acceptors (Lipinski definition) is 4. The summed E-state index contributed by atoms with van der Waals surface area (Å²) in [6, 6.07) is 0. The van der Waals surface area contributed by atoms with Gasteiger partial charge < -0.3 is 9.47 Å². The molecule has 24 heavy (non-hydrogen) atoms. The number of esters is 2.